The van der Waals surface area contributed by atoms with E-state index in [-0.39, 0.29) is 0 Å². The molecule has 3 aromatic rings. The third-order valence-electron chi connectivity index (χ3n) is 4.45. The minimum Gasteiger partial charge on any atom is -0.445 e. The Kier molecular flexibility index (Phi) is 3.69. The molecule has 0 aliphatic carbocycles. The van der Waals surface area contributed by atoms with Crippen LogP contribution in [-0.4, -0.2) is 23.1 Å². The van der Waals surface area contributed by atoms with E-state index in [0.29, 0.717) is 11.8 Å². The summed E-state index contributed by atoms with van der Waals surface area (Å²) in [4.78, 5) is 11.1. The fourth-order valence-corrected chi connectivity index (χ4v) is 3.64. The van der Waals surface area contributed by atoms with Crippen LogP contribution in [0.5, 0.6) is 0 Å². The van der Waals surface area contributed by atoms with Crippen LogP contribution in [0.15, 0.2) is 41.3 Å². The zero-order valence-corrected chi connectivity index (χ0v) is 13.8. The van der Waals surface area contributed by atoms with Gasteiger partial charge in [0.2, 0.25) is 5.89 Å². The predicted molar refractivity (Wildman–Crippen MR) is 92.9 cm³/mol. The zero-order valence-electron chi connectivity index (χ0n) is 13.0. The fraction of sp³-hybridized carbons (Fsp3) is 0.333. The molecular weight excluding hydrogens is 310 g/mol. The molecule has 2 aromatic heterocycles. The summed E-state index contributed by atoms with van der Waals surface area (Å²) in [5.74, 6) is 1.30. The van der Waals surface area contributed by atoms with Crippen molar-refractivity contribution < 1.29 is 4.42 Å². The summed E-state index contributed by atoms with van der Waals surface area (Å²) >= 11 is 6.49. The molecule has 0 N–H and O–H groups in total. The number of benzene rings is 1. The first-order chi connectivity index (χ1) is 11.2. The van der Waals surface area contributed by atoms with E-state index < -0.39 is 0 Å². The highest BCUT2D eigenvalue weighted by Gasteiger charge is 2.21. The first kappa shape index (κ1) is 14.5. The molecule has 0 bridgehead atoms. The second-order valence-corrected chi connectivity index (χ2v) is 6.62. The van der Waals surface area contributed by atoms with Crippen LogP contribution in [-0.2, 0) is 0 Å². The predicted octanol–water partition coefficient (Wildman–Crippen LogP) is 4.78. The minimum absolute atomic E-state index is 0.608. The van der Waals surface area contributed by atoms with Crippen LogP contribution in [0.3, 0.4) is 0 Å². The molecule has 4 rings (SSSR count). The molecule has 0 spiro atoms. The smallest absolute Gasteiger partial charge is 0.225 e. The average molecular weight is 328 g/mol. The molecule has 1 aliphatic heterocycles. The van der Waals surface area contributed by atoms with Crippen molar-refractivity contribution in [2.24, 2.45) is 5.92 Å². The van der Waals surface area contributed by atoms with Gasteiger partial charge in [0.1, 0.15) is 6.26 Å². The lowest BCUT2D eigenvalue weighted by molar-refractivity contribution is 0.447. The Hall–Kier alpha value is -2.07. The molecule has 118 valence electrons. The summed E-state index contributed by atoms with van der Waals surface area (Å²) in [7, 11) is 0. The van der Waals surface area contributed by atoms with Gasteiger partial charge in [0.15, 0.2) is 0 Å². The van der Waals surface area contributed by atoms with Gasteiger partial charge in [-0.05, 0) is 37.0 Å². The van der Waals surface area contributed by atoms with Gasteiger partial charge in [-0.3, -0.25) is 4.98 Å². The molecule has 0 radical (unpaired) electrons. The van der Waals surface area contributed by atoms with Gasteiger partial charge in [0.25, 0.3) is 0 Å². The van der Waals surface area contributed by atoms with Crippen molar-refractivity contribution in [2.45, 2.75) is 19.8 Å². The maximum atomic E-state index is 6.49. The van der Waals surface area contributed by atoms with Crippen LogP contribution in [0.4, 0.5) is 5.69 Å². The van der Waals surface area contributed by atoms with Crippen molar-refractivity contribution in [2.75, 3.05) is 18.0 Å². The molecule has 1 saturated heterocycles. The number of halogens is 1. The lowest BCUT2D eigenvalue weighted by atomic mass is 9.99. The Bertz CT molecular complexity index is 832. The lowest BCUT2D eigenvalue weighted by Gasteiger charge is -2.34. The maximum Gasteiger partial charge on any atom is 0.225 e. The van der Waals surface area contributed by atoms with Crippen LogP contribution in [0.25, 0.3) is 22.4 Å². The molecule has 23 heavy (non-hydrogen) atoms. The van der Waals surface area contributed by atoms with Crippen LogP contribution in [0, 0.1) is 5.92 Å². The first-order valence-corrected chi connectivity index (χ1v) is 8.33. The Labute approximate surface area is 140 Å². The van der Waals surface area contributed by atoms with Gasteiger partial charge in [-0.15, -0.1) is 0 Å². The van der Waals surface area contributed by atoms with Crippen molar-refractivity contribution >= 4 is 28.2 Å². The van der Waals surface area contributed by atoms with E-state index >= 15 is 0 Å². The molecule has 4 nitrogen and oxygen atoms in total. The van der Waals surface area contributed by atoms with Gasteiger partial charge in [0.05, 0.1) is 22.4 Å². The number of pyridine rings is 1. The van der Waals surface area contributed by atoms with Crippen molar-refractivity contribution in [3.05, 3.63) is 41.9 Å². The highest BCUT2D eigenvalue weighted by atomic mass is 35.5. The molecule has 1 fully saturated rings. The number of nitrogens with zero attached hydrogens (tertiary/aromatic N) is 3. The monoisotopic (exact) mass is 327 g/mol. The van der Waals surface area contributed by atoms with Gasteiger partial charge < -0.3 is 9.32 Å². The van der Waals surface area contributed by atoms with Gasteiger partial charge >= 0.3 is 0 Å². The molecule has 1 atom stereocenters. The summed E-state index contributed by atoms with van der Waals surface area (Å²) in [6.45, 7) is 4.38. The first-order valence-electron chi connectivity index (χ1n) is 7.95. The van der Waals surface area contributed by atoms with E-state index in [1.165, 1.54) is 12.8 Å². The SMILES string of the molecule is C[C@H]1CCCN(c2c(Cl)cnc3cc(-c4ncco4)ccc23)C1. The summed E-state index contributed by atoms with van der Waals surface area (Å²) in [6.07, 6.45) is 7.46. The number of piperidine rings is 1. The number of aromatic nitrogens is 2. The van der Waals surface area contributed by atoms with Gasteiger partial charge in [-0.2, -0.15) is 0 Å². The number of oxazole rings is 1. The Morgan fingerprint density at radius 3 is 3.00 bits per heavy atom. The van der Waals surface area contributed by atoms with E-state index in [4.69, 9.17) is 16.0 Å². The average Bonchev–Trinajstić information content (AvgIpc) is 3.09. The second kappa shape index (κ2) is 5.85. The minimum atomic E-state index is 0.608. The van der Waals surface area contributed by atoms with Crippen molar-refractivity contribution in [1.29, 1.82) is 0 Å². The van der Waals surface area contributed by atoms with Gasteiger partial charge in [-0.1, -0.05) is 18.5 Å². The summed E-state index contributed by atoms with van der Waals surface area (Å²) in [5, 5.41) is 1.80. The van der Waals surface area contributed by atoms with Crippen LogP contribution >= 0.6 is 11.6 Å². The molecule has 1 aliphatic rings. The standard InChI is InChI=1S/C18H18ClN3O/c1-12-3-2-7-22(11-12)17-14-5-4-13(18-20-6-8-23-18)9-16(14)21-10-15(17)19/h4-6,8-10,12H,2-3,7,11H2,1H3/t12-/m0/s1. The molecular formula is C18H18ClN3O. The molecule has 0 saturated carbocycles. The molecule has 1 aromatic carbocycles. The number of rotatable bonds is 2. The van der Waals surface area contributed by atoms with E-state index in [9.17, 15) is 0 Å². The topological polar surface area (TPSA) is 42.2 Å². The quantitative estimate of drug-likeness (QED) is 0.679. The fourth-order valence-electron chi connectivity index (χ4n) is 3.37. The normalized spacial score (nSPS) is 18.5. The molecule has 0 unspecified atom stereocenters. The summed E-state index contributed by atoms with van der Waals surface area (Å²) in [6, 6.07) is 6.10. The molecule has 0 amide bonds. The Balaban J connectivity index is 1.82. The van der Waals surface area contributed by atoms with Crippen LogP contribution in [0.2, 0.25) is 5.02 Å². The second-order valence-electron chi connectivity index (χ2n) is 6.22. The summed E-state index contributed by atoms with van der Waals surface area (Å²) in [5.41, 5.74) is 2.94. The lowest BCUT2D eigenvalue weighted by Crippen LogP contribution is -2.34. The van der Waals surface area contributed by atoms with E-state index in [1.54, 1.807) is 18.7 Å². The highest BCUT2D eigenvalue weighted by Crippen LogP contribution is 2.36. The maximum absolute atomic E-state index is 6.49. The third kappa shape index (κ3) is 2.68. The van der Waals surface area contributed by atoms with Crippen LogP contribution in [0.1, 0.15) is 19.8 Å². The Morgan fingerprint density at radius 2 is 2.22 bits per heavy atom. The van der Waals surface area contributed by atoms with Crippen molar-refractivity contribution in [1.82, 2.24) is 9.97 Å². The largest absolute Gasteiger partial charge is 0.445 e. The molecule has 5 heteroatoms. The van der Waals surface area contributed by atoms with Gasteiger partial charge in [0, 0.05) is 30.2 Å². The Morgan fingerprint density at radius 1 is 1.30 bits per heavy atom. The van der Waals surface area contributed by atoms with E-state index in [2.05, 4.69) is 27.9 Å². The number of hydrogen-bond donors (Lipinski definition) is 0. The number of fused-ring (bicyclic) bond motifs is 1. The summed E-state index contributed by atoms with van der Waals surface area (Å²) < 4.78 is 5.38. The van der Waals surface area contributed by atoms with Crippen molar-refractivity contribution in [3.63, 3.8) is 0 Å². The van der Waals surface area contributed by atoms with E-state index in [1.807, 2.05) is 12.1 Å². The van der Waals surface area contributed by atoms with Gasteiger partial charge in [-0.25, -0.2) is 4.98 Å². The number of anilines is 1. The van der Waals surface area contributed by atoms with Crippen molar-refractivity contribution in [3.8, 4) is 11.5 Å². The van der Waals surface area contributed by atoms with E-state index in [0.717, 1.165) is 40.3 Å². The highest BCUT2D eigenvalue weighted by molar-refractivity contribution is 6.34. The number of hydrogen-bond acceptors (Lipinski definition) is 4. The molecule has 3 heterocycles. The third-order valence-corrected chi connectivity index (χ3v) is 4.73. The zero-order chi connectivity index (χ0) is 15.8. The van der Waals surface area contributed by atoms with Crippen LogP contribution < -0.4 is 4.90 Å².